The van der Waals surface area contributed by atoms with Gasteiger partial charge in [0.1, 0.15) is 0 Å². The maximum atomic E-state index is 12.2. The quantitative estimate of drug-likeness (QED) is 0.855. The minimum atomic E-state index is -0.227. The van der Waals surface area contributed by atoms with Crippen molar-refractivity contribution in [2.75, 3.05) is 11.6 Å². The van der Waals surface area contributed by atoms with Crippen LogP contribution in [0.3, 0.4) is 0 Å². The number of hydrogen-bond donors (Lipinski definition) is 1. The predicted molar refractivity (Wildman–Crippen MR) is 82.8 cm³/mol. The lowest BCUT2D eigenvalue weighted by atomic mass is 10.2. The molecule has 0 atom stereocenters. The molecule has 19 heavy (non-hydrogen) atoms. The number of thiazole rings is 1. The van der Waals surface area contributed by atoms with Crippen LogP contribution >= 0.6 is 34.7 Å². The van der Waals surface area contributed by atoms with Gasteiger partial charge in [-0.1, -0.05) is 11.6 Å². The Labute approximate surface area is 125 Å². The first kappa shape index (κ1) is 14.4. The lowest BCUT2D eigenvalue weighted by Gasteiger charge is -2.05. The summed E-state index contributed by atoms with van der Waals surface area (Å²) < 4.78 is 0. The smallest absolute Gasteiger partial charge is 0.258 e. The van der Waals surface area contributed by atoms with Crippen molar-refractivity contribution in [1.82, 2.24) is 4.98 Å². The number of benzene rings is 1. The minimum absolute atomic E-state index is 0.227. The van der Waals surface area contributed by atoms with Gasteiger partial charge in [0, 0.05) is 9.77 Å². The number of nitrogens with one attached hydrogen (secondary N) is 1. The monoisotopic (exact) mass is 312 g/mol. The first-order valence-corrected chi connectivity index (χ1v) is 8.02. The number of amides is 1. The van der Waals surface area contributed by atoms with Crippen molar-refractivity contribution < 1.29 is 4.79 Å². The summed E-state index contributed by atoms with van der Waals surface area (Å²) in [5, 5.41) is 3.83. The number of nitrogens with zero attached hydrogens (tertiary/aromatic N) is 1. The molecule has 0 unspecified atom stereocenters. The zero-order chi connectivity index (χ0) is 14.0. The van der Waals surface area contributed by atoms with Gasteiger partial charge in [0.05, 0.1) is 16.3 Å². The number of rotatable bonds is 3. The number of aryl methyl sites for hydroxylation is 2. The molecule has 0 spiro atoms. The topological polar surface area (TPSA) is 42.0 Å². The molecular weight excluding hydrogens is 300 g/mol. The van der Waals surface area contributed by atoms with Crippen molar-refractivity contribution in [3.8, 4) is 0 Å². The molecule has 1 aromatic heterocycles. The number of hydrogen-bond acceptors (Lipinski definition) is 4. The Morgan fingerprint density at radius 3 is 2.74 bits per heavy atom. The Morgan fingerprint density at radius 2 is 2.16 bits per heavy atom. The van der Waals surface area contributed by atoms with E-state index in [4.69, 9.17) is 11.6 Å². The zero-order valence-electron chi connectivity index (χ0n) is 10.8. The van der Waals surface area contributed by atoms with Crippen LogP contribution in [0.1, 0.15) is 20.9 Å². The highest BCUT2D eigenvalue weighted by molar-refractivity contribution is 7.98. The molecule has 1 amide bonds. The molecule has 6 heteroatoms. The summed E-state index contributed by atoms with van der Waals surface area (Å²) in [5.74, 6) is -0.227. The van der Waals surface area contributed by atoms with Crippen LogP contribution in [0.15, 0.2) is 23.1 Å². The van der Waals surface area contributed by atoms with Gasteiger partial charge in [-0.2, -0.15) is 0 Å². The summed E-state index contributed by atoms with van der Waals surface area (Å²) in [6.45, 7) is 3.90. The van der Waals surface area contributed by atoms with Crippen LogP contribution in [0.2, 0.25) is 5.02 Å². The first-order chi connectivity index (χ1) is 9.01. The van der Waals surface area contributed by atoms with Crippen molar-refractivity contribution in [2.24, 2.45) is 0 Å². The van der Waals surface area contributed by atoms with Crippen LogP contribution < -0.4 is 5.32 Å². The van der Waals surface area contributed by atoms with E-state index in [-0.39, 0.29) is 5.91 Å². The molecule has 1 heterocycles. The van der Waals surface area contributed by atoms with Crippen molar-refractivity contribution in [3.05, 3.63) is 39.4 Å². The lowest BCUT2D eigenvalue weighted by molar-refractivity contribution is 0.102. The Kier molecular flexibility index (Phi) is 4.50. The van der Waals surface area contributed by atoms with E-state index in [1.807, 2.05) is 26.2 Å². The van der Waals surface area contributed by atoms with Crippen LogP contribution in [0, 0.1) is 13.8 Å². The molecule has 3 nitrogen and oxygen atoms in total. The second-order valence-corrected chi connectivity index (χ2v) is 6.45. The molecule has 0 saturated carbocycles. The fourth-order valence-corrected chi connectivity index (χ4v) is 2.95. The minimum Gasteiger partial charge on any atom is -0.298 e. The van der Waals surface area contributed by atoms with Crippen LogP contribution in [-0.2, 0) is 0 Å². The standard InChI is InChI=1S/C13H13ClN2OS2/c1-7-8(2)19-13(15-7)16-12(17)10-6-9(18-3)4-5-11(10)14/h4-6H,1-3H3,(H,15,16,17). The van der Waals surface area contributed by atoms with Crippen molar-refractivity contribution >= 4 is 45.7 Å². The number of aromatic nitrogens is 1. The average Bonchev–Trinajstić information content (AvgIpc) is 2.68. The zero-order valence-corrected chi connectivity index (χ0v) is 13.2. The summed E-state index contributed by atoms with van der Waals surface area (Å²) in [6.07, 6.45) is 1.96. The summed E-state index contributed by atoms with van der Waals surface area (Å²) >= 11 is 9.10. The normalized spacial score (nSPS) is 10.5. The third kappa shape index (κ3) is 3.29. The van der Waals surface area contributed by atoms with E-state index < -0.39 is 0 Å². The van der Waals surface area contributed by atoms with E-state index in [1.54, 1.807) is 23.9 Å². The summed E-state index contributed by atoms with van der Waals surface area (Å²) in [4.78, 5) is 18.6. The molecule has 0 aliphatic heterocycles. The molecule has 1 aromatic carbocycles. The predicted octanol–water partition coefficient (Wildman–Crippen LogP) is 4.39. The van der Waals surface area contributed by atoms with Crippen molar-refractivity contribution in [3.63, 3.8) is 0 Å². The summed E-state index contributed by atoms with van der Waals surface area (Å²) in [7, 11) is 0. The third-order valence-electron chi connectivity index (χ3n) is 2.67. The van der Waals surface area contributed by atoms with Gasteiger partial charge in [-0.15, -0.1) is 23.1 Å². The molecule has 0 radical (unpaired) electrons. The molecule has 0 bridgehead atoms. The number of anilines is 1. The molecule has 0 aliphatic carbocycles. The highest BCUT2D eigenvalue weighted by atomic mass is 35.5. The van der Waals surface area contributed by atoms with E-state index in [1.165, 1.54) is 11.3 Å². The van der Waals surface area contributed by atoms with E-state index in [0.717, 1.165) is 15.5 Å². The lowest BCUT2D eigenvalue weighted by Crippen LogP contribution is -2.12. The van der Waals surface area contributed by atoms with Gasteiger partial charge >= 0.3 is 0 Å². The maximum Gasteiger partial charge on any atom is 0.258 e. The largest absolute Gasteiger partial charge is 0.298 e. The fraction of sp³-hybridized carbons (Fsp3) is 0.231. The number of carbonyl (C=O) groups is 1. The molecule has 0 aliphatic rings. The van der Waals surface area contributed by atoms with Gasteiger partial charge in [-0.25, -0.2) is 4.98 Å². The van der Waals surface area contributed by atoms with Gasteiger partial charge < -0.3 is 0 Å². The van der Waals surface area contributed by atoms with Crippen molar-refractivity contribution in [2.45, 2.75) is 18.7 Å². The van der Waals surface area contributed by atoms with Crippen LogP contribution in [0.4, 0.5) is 5.13 Å². The van der Waals surface area contributed by atoms with Crippen molar-refractivity contribution in [1.29, 1.82) is 0 Å². The number of carbonyl (C=O) groups excluding carboxylic acids is 1. The molecule has 0 fully saturated rings. The molecule has 1 N–H and O–H groups in total. The van der Waals surface area contributed by atoms with Crippen LogP contribution in [-0.4, -0.2) is 17.1 Å². The highest BCUT2D eigenvalue weighted by Crippen LogP contribution is 2.26. The average molecular weight is 313 g/mol. The SMILES string of the molecule is CSc1ccc(Cl)c(C(=O)Nc2nc(C)c(C)s2)c1. The van der Waals surface area contributed by atoms with Gasteiger partial charge in [0.2, 0.25) is 0 Å². The Morgan fingerprint density at radius 1 is 1.42 bits per heavy atom. The second kappa shape index (κ2) is 5.94. The second-order valence-electron chi connectivity index (χ2n) is 3.96. The first-order valence-electron chi connectivity index (χ1n) is 5.60. The third-order valence-corrected chi connectivity index (χ3v) is 4.71. The van der Waals surface area contributed by atoms with Gasteiger partial charge in [-0.3, -0.25) is 10.1 Å². The number of halogens is 1. The molecule has 0 saturated heterocycles. The highest BCUT2D eigenvalue weighted by Gasteiger charge is 2.13. The fourth-order valence-electron chi connectivity index (χ4n) is 1.50. The Hall–Kier alpha value is -1.04. The molecular formula is C13H13ClN2OS2. The Bertz CT molecular complexity index is 606. The van der Waals surface area contributed by atoms with Gasteiger partial charge in [0.15, 0.2) is 5.13 Å². The van der Waals surface area contributed by atoms with E-state index >= 15 is 0 Å². The van der Waals surface area contributed by atoms with E-state index in [9.17, 15) is 4.79 Å². The van der Waals surface area contributed by atoms with E-state index in [0.29, 0.717) is 15.7 Å². The summed E-state index contributed by atoms with van der Waals surface area (Å²) in [6, 6.07) is 5.41. The molecule has 2 aromatic rings. The number of thioether (sulfide) groups is 1. The maximum absolute atomic E-state index is 12.2. The van der Waals surface area contributed by atoms with Gasteiger partial charge in [-0.05, 0) is 38.3 Å². The van der Waals surface area contributed by atoms with E-state index in [2.05, 4.69) is 10.3 Å². The van der Waals surface area contributed by atoms with Gasteiger partial charge in [0.25, 0.3) is 5.91 Å². The molecule has 2 rings (SSSR count). The van der Waals surface area contributed by atoms with Crippen LogP contribution in [0.5, 0.6) is 0 Å². The van der Waals surface area contributed by atoms with Crippen LogP contribution in [0.25, 0.3) is 0 Å². The Balaban J connectivity index is 2.24. The molecule has 100 valence electrons. The summed E-state index contributed by atoms with van der Waals surface area (Å²) in [5.41, 5.74) is 1.41.